The summed E-state index contributed by atoms with van der Waals surface area (Å²) in [7, 11) is 0. The molecule has 1 aliphatic carbocycles. The van der Waals surface area contributed by atoms with Crippen molar-refractivity contribution < 1.29 is 9.26 Å². The molecule has 26 heavy (non-hydrogen) atoms. The lowest BCUT2D eigenvalue weighted by Crippen LogP contribution is -2.49. The van der Waals surface area contributed by atoms with Crippen LogP contribution in [0, 0.1) is 0 Å². The fourth-order valence-electron chi connectivity index (χ4n) is 3.33. The summed E-state index contributed by atoms with van der Waals surface area (Å²) in [5.41, 5.74) is 0. The molecule has 1 unspecified atom stereocenters. The molecule has 0 bridgehead atoms. The van der Waals surface area contributed by atoms with E-state index in [0.29, 0.717) is 30.9 Å². The molecule has 3 rings (SSSR count). The Hall–Kier alpha value is -1.67. The van der Waals surface area contributed by atoms with Crippen LogP contribution in [0.1, 0.15) is 64.3 Å². The number of rotatable bonds is 8. The van der Waals surface area contributed by atoms with Crippen LogP contribution in [0.4, 0.5) is 0 Å². The van der Waals surface area contributed by atoms with Gasteiger partial charge in [-0.2, -0.15) is 4.98 Å². The van der Waals surface area contributed by atoms with Crippen molar-refractivity contribution in [3.8, 4) is 0 Å². The van der Waals surface area contributed by atoms with E-state index in [1.165, 1.54) is 25.9 Å². The topological polar surface area (TPSA) is 87.8 Å². The van der Waals surface area contributed by atoms with Crippen LogP contribution in [0.25, 0.3) is 0 Å². The van der Waals surface area contributed by atoms with Crippen LogP contribution < -0.4 is 10.6 Å². The van der Waals surface area contributed by atoms with Crippen molar-refractivity contribution in [1.29, 1.82) is 0 Å². The Morgan fingerprint density at radius 3 is 2.73 bits per heavy atom. The van der Waals surface area contributed by atoms with Gasteiger partial charge in [-0.15, -0.1) is 0 Å². The molecule has 0 amide bonds. The van der Waals surface area contributed by atoms with Crippen LogP contribution in [0.15, 0.2) is 9.52 Å². The van der Waals surface area contributed by atoms with E-state index in [-0.39, 0.29) is 6.10 Å². The van der Waals surface area contributed by atoms with Crippen LogP contribution in [0.2, 0.25) is 0 Å². The number of piperidine rings is 1. The van der Waals surface area contributed by atoms with Crippen molar-refractivity contribution in [2.75, 3.05) is 26.2 Å². The van der Waals surface area contributed by atoms with Crippen molar-refractivity contribution in [2.45, 2.75) is 71.2 Å². The van der Waals surface area contributed by atoms with Gasteiger partial charge in [0, 0.05) is 38.3 Å². The Kier molecular flexibility index (Phi) is 6.85. The molecule has 1 aromatic heterocycles. The van der Waals surface area contributed by atoms with E-state index in [9.17, 15) is 0 Å². The largest absolute Gasteiger partial charge is 0.371 e. The van der Waals surface area contributed by atoms with Crippen molar-refractivity contribution >= 4 is 5.96 Å². The molecule has 8 nitrogen and oxygen atoms in total. The summed E-state index contributed by atoms with van der Waals surface area (Å²) in [4.78, 5) is 11.6. The molecule has 2 heterocycles. The third-order valence-corrected chi connectivity index (χ3v) is 4.91. The number of hydrogen-bond donors (Lipinski definition) is 2. The van der Waals surface area contributed by atoms with Gasteiger partial charge in [-0.1, -0.05) is 5.16 Å². The van der Waals surface area contributed by atoms with Gasteiger partial charge in [-0.3, -0.25) is 0 Å². The van der Waals surface area contributed by atoms with Crippen molar-refractivity contribution in [3.63, 3.8) is 0 Å². The summed E-state index contributed by atoms with van der Waals surface area (Å²) >= 11 is 0. The molecule has 2 fully saturated rings. The molecule has 146 valence electrons. The Bertz CT molecular complexity index is 578. The molecule has 0 radical (unpaired) electrons. The van der Waals surface area contributed by atoms with Crippen molar-refractivity contribution in [1.82, 2.24) is 25.7 Å². The van der Waals surface area contributed by atoms with Gasteiger partial charge in [0.1, 0.15) is 12.6 Å². The smallest absolute Gasteiger partial charge is 0.248 e. The molecule has 0 aromatic carbocycles. The van der Waals surface area contributed by atoms with Crippen LogP contribution >= 0.6 is 0 Å². The highest BCUT2D eigenvalue weighted by Gasteiger charge is 2.31. The number of ether oxygens (including phenoxy) is 1. The van der Waals surface area contributed by atoms with Gasteiger partial charge < -0.3 is 24.8 Å². The summed E-state index contributed by atoms with van der Waals surface area (Å²) in [6, 6.07) is 1.34. The summed E-state index contributed by atoms with van der Waals surface area (Å²) in [5.74, 6) is 1.89. The van der Waals surface area contributed by atoms with Gasteiger partial charge in [0.25, 0.3) is 0 Å². The number of aromatic nitrogens is 2. The Morgan fingerprint density at radius 1 is 1.31 bits per heavy atom. The monoisotopic (exact) mass is 364 g/mol. The van der Waals surface area contributed by atoms with E-state index in [4.69, 9.17) is 9.26 Å². The normalized spacial score (nSPS) is 21.0. The molecule has 1 aliphatic heterocycles. The highest BCUT2D eigenvalue weighted by Crippen LogP contribution is 2.29. The van der Waals surface area contributed by atoms with E-state index in [2.05, 4.69) is 37.6 Å². The number of hydrogen-bond acceptors (Lipinski definition) is 6. The average Bonchev–Trinajstić information content (AvgIpc) is 3.38. The third kappa shape index (κ3) is 5.41. The first-order valence-electron chi connectivity index (χ1n) is 9.92. The molecular formula is C18H32N6O2. The van der Waals surface area contributed by atoms with E-state index in [1.54, 1.807) is 0 Å². The first-order chi connectivity index (χ1) is 12.7. The lowest BCUT2D eigenvalue weighted by atomic mass is 10.1. The van der Waals surface area contributed by atoms with Crippen LogP contribution in [-0.4, -0.2) is 59.3 Å². The minimum Gasteiger partial charge on any atom is -0.371 e. The molecule has 1 saturated carbocycles. The zero-order valence-corrected chi connectivity index (χ0v) is 16.2. The predicted octanol–water partition coefficient (Wildman–Crippen LogP) is 1.85. The third-order valence-electron chi connectivity index (χ3n) is 4.91. The molecule has 2 N–H and O–H groups in total. The Labute approximate surface area is 155 Å². The standard InChI is InChI=1S/C18H32N6O2/c1-4-19-18(21-14-8-10-24(11-9-14)15-6-7-15)20-12-16-22-17(23-26-16)13(3)25-5-2/h13-15H,4-12H2,1-3H3,(H2,19,20,21). The van der Waals surface area contributed by atoms with E-state index < -0.39 is 0 Å². The highest BCUT2D eigenvalue weighted by molar-refractivity contribution is 5.80. The fraction of sp³-hybridized carbons (Fsp3) is 0.833. The lowest BCUT2D eigenvalue weighted by molar-refractivity contribution is 0.0683. The van der Waals surface area contributed by atoms with Crippen molar-refractivity contribution in [3.05, 3.63) is 11.7 Å². The minimum absolute atomic E-state index is 0.163. The summed E-state index contributed by atoms with van der Waals surface area (Å²) < 4.78 is 10.8. The first kappa shape index (κ1) is 19.1. The zero-order valence-electron chi connectivity index (χ0n) is 16.2. The van der Waals surface area contributed by atoms with Crippen LogP contribution in [0.5, 0.6) is 0 Å². The lowest BCUT2D eigenvalue weighted by Gasteiger charge is -2.33. The summed E-state index contributed by atoms with van der Waals surface area (Å²) in [6.07, 6.45) is 4.94. The number of nitrogens with zero attached hydrogens (tertiary/aromatic N) is 4. The maximum Gasteiger partial charge on any atom is 0.248 e. The van der Waals surface area contributed by atoms with Crippen LogP contribution in [-0.2, 0) is 11.3 Å². The number of nitrogens with one attached hydrogen (secondary N) is 2. The van der Waals surface area contributed by atoms with Gasteiger partial charge in [0.05, 0.1) is 0 Å². The van der Waals surface area contributed by atoms with Crippen LogP contribution in [0.3, 0.4) is 0 Å². The number of likely N-dealkylation sites (tertiary alicyclic amines) is 1. The fourth-order valence-corrected chi connectivity index (χ4v) is 3.33. The van der Waals surface area contributed by atoms with E-state index in [1.807, 2.05) is 13.8 Å². The number of guanidine groups is 1. The van der Waals surface area contributed by atoms with Gasteiger partial charge in [-0.05, 0) is 46.5 Å². The summed E-state index contributed by atoms with van der Waals surface area (Å²) in [6.45, 7) is 10.1. The first-order valence-corrected chi connectivity index (χ1v) is 9.92. The second-order valence-corrected chi connectivity index (χ2v) is 7.02. The average molecular weight is 364 g/mol. The Balaban J connectivity index is 1.50. The molecule has 1 aromatic rings. The quantitative estimate of drug-likeness (QED) is 0.537. The van der Waals surface area contributed by atoms with Gasteiger partial charge in [-0.25, -0.2) is 4.99 Å². The van der Waals surface area contributed by atoms with Gasteiger partial charge in [0.2, 0.25) is 5.89 Å². The van der Waals surface area contributed by atoms with Crippen molar-refractivity contribution in [2.24, 2.45) is 4.99 Å². The van der Waals surface area contributed by atoms with Gasteiger partial charge >= 0.3 is 0 Å². The molecule has 2 aliphatic rings. The number of aliphatic imine (C=N–C) groups is 1. The molecule has 8 heteroatoms. The second-order valence-electron chi connectivity index (χ2n) is 7.02. The maximum atomic E-state index is 5.49. The van der Waals surface area contributed by atoms with E-state index in [0.717, 1.165) is 31.4 Å². The summed E-state index contributed by atoms with van der Waals surface area (Å²) in [5, 5.41) is 10.8. The highest BCUT2D eigenvalue weighted by atomic mass is 16.5. The molecular weight excluding hydrogens is 332 g/mol. The van der Waals surface area contributed by atoms with Gasteiger partial charge in [0.15, 0.2) is 11.8 Å². The SMILES string of the molecule is CCNC(=NCc1nc(C(C)OCC)no1)NC1CCN(C2CC2)CC1. The zero-order chi connectivity index (χ0) is 18.4. The molecule has 1 saturated heterocycles. The van der Waals surface area contributed by atoms with E-state index >= 15 is 0 Å². The molecule has 0 spiro atoms. The predicted molar refractivity (Wildman–Crippen MR) is 99.9 cm³/mol. The Morgan fingerprint density at radius 2 is 2.08 bits per heavy atom. The minimum atomic E-state index is -0.163. The molecule has 1 atom stereocenters. The second kappa shape index (κ2) is 9.32. The maximum absolute atomic E-state index is 5.49.